The first kappa shape index (κ1) is 22.7. The van der Waals surface area contributed by atoms with Gasteiger partial charge in [-0.15, -0.1) is 10.2 Å². The number of carbonyl (C=O) groups excluding carboxylic acids is 1. The quantitative estimate of drug-likeness (QED) is 0.414. The van der Waals surface area contributed by atoms with Gasteiger partial charge in [0, 0.05) is 17.8 Å². The largest absolute Gasteiger partial charge is 0.492 e. The number of hydrogen-bond donors (Lipinski definition) is 1. The van der Waals surface area contributed by atoms with Gasteiger partial charge in [0.05, 0.1) is 25.4 Å². The van der Waals surface area contributed by atoms with Crippen molar-refractivity contribution in [1.82, 2.24) is 34.7 Å². The molecule has 1 amide bonds. The Labute approximate surface area is 190 Å². The van der Waals surface area contributed by atoms with Crippen LogP contribution >= 0.6 is 0 Å². The van der Waals surface area contributed by atoms with Crippen molar-refractivity contribution >= 4 is 11.6 Å². The van der Waals surface area contributed by atoms with Crippen LogP contribution in [-0.2, 0) is 12.7 Å². The van der Waals surface area contributed by atoms with Crippen molar-refractivity contribution in [3.05, 3.63) is 66.5 Å². The number of rotatable bonds is 8. The van der Waals surface area contributed by atoms with Crippen LogP contribution in [0.5, 0.6) is 11.6 Å². The zero-order valence-corrected chi connectivity index (χ0v) is 17.6. The molecule has 0 radical (unpaired) electrons. The summed E-state index contributed by atoms with van der Waals surface area (Å²) in [5.74, 6) is -0.696. The molecule has 0 spiro atoms. The maximum Gasteiger partial charge on any atom is 0.434 e. The van der Waals surface area contributed by atoms with Crippen LogP contribution < -0.4 is 14.8 Å². The van der Waals surface area contributed by atoms with Crippen molar-refractivity contribution in [2.24, 2.45) is 0 Å². The van der Waals surface area contributed by atoms with Gasteiger partial charge in [-0.25, -0.2) is 14.3 Å². The third-order valence-corrected chi connectivity index (χ3v) is 4.48. The lowest BCUT2D eigenvalue weighted by Gasteiger charge is -2.13. The van der Waals surface area contributed by atoms with Crippen molar-refractivity contribution in [2.45, 2.75) is 12.7 Å². The predicted octanol–water partition coefficient (Wildman–Crippen LogP) is 2.61. The maximum atomic E-state index is 13.8. The molecule has 0 unspecified atom stereocenters. The highest BCUT2D eigenvalue weighted by Gasteiger charge is 2.41. The number of nitrogens with zero attached hydrogens (tertiary/aromatic N) is 7. The number of hydrogen-bond acceptors (Lipinski definition) is 8. The molecular formula is C20H17F3N8O3. The lowest BCUT2D eigenvalue weighted by Crippen LogP contribution is -2.21. The molecule has 0 saturated carbocycles. The van der Waals surface area contributed by atoms with Crippen LogP contribution in [-0.4, -0.2) is 54.4 Å². The molecule has 0 saturated heterocycles. The summed E-state index contributed by atoms with van der Waals surface area (Å²) < 4.78 is 54.1. The van der Waals surface area contributed by atoms with Crippen LogP contribution in [0.3, 0.4) is 0 Å². The number of ether oxygens (including phenoxy) is 2. The maximum absolute atomic E-state index is 13.8. The van der Waals surface area contributed by atoms with E-state index >= 15 is 0 Å². The van der Waals surface area contributed by atoms with E-state index in [0.717, 1.165) is 6.20 Å². The number of nitrogens with one attached hydrogen (secondary N) is 1. The molecule has 0 aliphatic rings. The molecule has 0 atom stereocenters. The van der Waals surface area contributed by atoms with E-state index in [2.05, 4.69) is 30.7 Å². The number of anilines is 1. The Bertz CT molecular complexity index is 1260. The zero-order valence-electron chi connectivity index (χ0n) is 17.6. The summed E-state index contributed by atoms with van der Waals surface area (Å²) in [6.07, 6.45) is -1.13. The van der Waals surface area contributed by atoms with Gasteiger partial charge in [0.15, 0.2) is 11.5 Å². The highest BCUT2D eigenvalue weighted by atomic mass is 19.4. The van der Waals surface area contributed by atoms with Crippen LogP contribution in [0.15, 0.2) is 55.2 Å². The molecule has 0 bridgehead atoms. The summed E-state index contributed by atoms with van der Waals surface area (Å²) in [4.78, 5) is 16.6. The molecule has 0 fully saturated rings. The molecule has 11 nitrogen and oxygen atoms in total. The minimum atomic E-state index is -4.89. The highest BCUT2D eigenvalue weighted by Crippen LogP contribution is 2.34. The van der Waals surface area contributed by atoms with E-state index in [4.69, 9.17) is 9.47 Å². The minimum Gasteiger partial charge on any atom is -0.492 e. The minimum absolute atomic E-state index is 0.117. The third-order valence-electron chi connectivity index (χ3n) is 4.48. The first-order valence-corrected chi connectivity index (χ1v) is 9.75. The van der Waals surface area contributed by atoms with Crippen LogP contribution in [0, 0.1) is 0 Å². The molecule has 4 rings (SSSR count). The third kappa shape index (κ3) is 5.11. The van der Waals surface area contributed by atoms with Gasteiger partial charge >= 0.3 is 6.18 Å². The van der Waals surface area contributed by atoms with Gasteiger partial charge in [0.25, 0.3) is 5.91 Å². The van der Waals surface area contributed by atoms with Gasteiger partial charge in [-0.1, -0.05) is 6.07 Å². The van der Waals surface area contributed by atoms with Crippen molar-refractivity contribution in [3.63, 3.8) is 0 Å². The Morgan fingerprint density at radius 2 is 2.00 bits per heavy atom. The predicted molar refractivity (Wildman–Crippen MR) is 111 cm³/mol. The van der Waals surface area contributed by atoms with Crippen molar-refractivity contribution in [1.29, 1.82) is 0 Å². The molecule has 3 heterocycles. The lowest BCUT2D eigenvalue weighted by molar-refractivity contribution is -0.143. The number of alkyl halides is 3. The van der Waals surface area contributed by atoms with E-state index < -0.39 is 23.3 Å². The molecule has 34 heavy (non-hydrogen) atoms. The Morgan fingerprint density at radius 1 is 1.15 bits per heavy atom. The van der Waals surface area contributed by atoms with Crippen LogP contribution in [0.1, 0.15) is 16.1 Å². The van der Waals surface area contributed by atoms with E-state index in [1.165, 1.54) is 44.0 Å². The van der Waals surface area contributed by atoms with E-state index in [1.807, 2.05) is 0 Å². The number of benzene rings is 1. The number of methoxy groups -OCH3 is 1. The second-order valence-electron chi connectivity index (χ2n) is 6.74. The Hall–Kier alpha value is -4.49. The first-order chi connectivity index (χ1) is 16.3. The number of amides is 1. The summed E-state index contributed by atoms with van der Waals surface area (Å²) in [5, 5.41) is 17.4. The normalized spacial score (nSPS) is 11.3. The van der Waals surface area contributed by atoms with E-state index in [-0.39, 0.29) is 24.0 Å². The Morgan fingerprint density at radius 3 is 2.68 bits per heavy atom. The Kier molecular flexibility index (Phi) is 6.38. The van der Waals surface area contributed by atoms with E-state index in [9.17, 15) is 18.0 Å². The molecule has 14 heteroatoms. The van der Waals surface area contributed by atoms with Gasteiger partial charge in [0.1, 0.15) is 25.0 Å². The van der Waals surface area contributed by atoms with Gasteiger partial charge in [0.2, 0.25) is 5.88 Å². The van der Waals surface area contributed by atoms with E-state index in [0.29, 0.717) is 17.0 Å². The molecule has 176 valence electrons. The van der Waals surface area contributed by atoms with Crippen molar-refractivity contribution in [2.75, 3.05) is 19.0 Å². The fraction of sp³-hybridized carbons (Fsp3) is 0.200. The second kappa shape index (κ2) is 9.56. The van der Waals surface area contributed by atoms with Gasteiger partial charge in [-0.05, 0) is 18.2 Å². The molecule has 0 aliphatic heterocycles. The second-order valence-corrected chi connectivity index (χ2v) is 6.74. The molecule has 3 aromatic heterocycles. The van der Waals surface area contributed by atoms with Gasteiger partial charge in [-0.2, -0.15) is 23.4 Å². The molecule has 0 aliphatic carbocycles. The fourth-order valence-corrected chi connectivity index (χ4v) is 2.96. The summed E-state index contributed by atoms with van der Waals surface area (Å²) in [5.41, 5.74) is -1.72. The molecule has 1 N–H and O–H groups in total. The van der Waals surface area contributed by atoms with Crippen molar-refractivity contribution in [3.8, 4) is 17.4 Å². The number of aromatic nitrogens is 7. The van der Waals surface area contributed by atoms with Gasteiger partial charge < -0.3 is 14.8 Å². The molecule has 4 aromatic rings. The van der Waals surface area contributed by atoms with Crippen LogP contribution in [0.25, 0.3) is 5.82 Å². The zero-order chi connectivity index (χ0) is 24.1. The standard InChI is InChI=1S/C20H17F3N8O3/c1-33-17-6-5-16(28-29-17)31-18(20(21,22)23)15(10-25-31)19(32)27-13-3-2-4-14(9-13)34-8-7-30-12-24-11-26-30/h2-6,9-12H,7-8H2,1H3,(H,27,32). The summed E-state index contributed by atoms with van der Waals surface area (Å²) in [7, 11) is 1.35. The average Bonchev–Trinajstić information content (AvgIpc) is 3.49. The average molecular weight is 474 g/mol. The number of carbonyl (C=O) groups is 1. The van der Waals surface area contributed by atoms with Gasteiger partial charge in [-0.3, -0.25) is 4.79 Å². The summed E-state index contributed by atoms with van der Waals surface area (Å²) in [6.45, 7) is 0.716. The highest BCUT2D eigenvalue weighted by molar-refractivity contribution is 6.05. The molecular weight excluding hydrogens is 457 g/mol. The molecule has 1 aromatic carbocycles. The fourth-order valence-electron chi connectivity index (χ4n) is 2.96. The summed E-state index contributed by atoms with van der Waals surface area (Å²) in [6, 6.07) is 8.84. The lowest BCUT2D eigenvalue weighted by atomic mass is 10.2. The van der Waals surface area contributed by atoms with Crippen LogP contribution in [0.2, 0.25) is 0 Å². The number of halogens is 3. The smallest absolute Gasteiger partial charge is 0.434 e. The SMILES string of the molecule is COc1ccc(-n2ncc(C(=O)Nc3cccc(OCCn4cncn4)c3)c2C(F)(F)F)nn1. The van der Waals surface area contributed by atoms with E-state index in [1.54, 1.807) is 16.8 Å². The Balaban J connectivity index is 1.52. The first-order valence-electron chi connectivity index (χ1n) is 9.75. The topological polar surface area (TPSA) is 122 Å². The monoisotopic (exact) mass is 474 g/mol. The van der Waals surface area contributed by atoms with Crippen LogP contribution in [0.4, 0.5) is 18.9 Å². The van der Waals surface area contributed by atoms with Crippen molar-refractivity contribution < 1.29 is 27.4 Å². The summed E-state index contributed by atoms with van der Waals surface area (Å²) >= 11 is 0.